The second-order valence-corrected chi connectivity index (χ2v) is 4.18. The summed E-state index contributed by atoms with van der Waals surface area (Å²) in [5, 5.41) is 13.4. The van der Waals surface area contributed by atoms with Crippen LogP contribution >= 0.6 is 0 Å². The Bertz CT molecular complexity index is 595. The molecule has 0 amide bonds. The Kier molecular flexibility index (Phi) is 3.39. The van der Waals surface area contributed by atoms with Crippen molar-refractivity contribution in [1.29, 1.82) is 5.26 Å². The predicted molar refractivity (Wildman–Crippen MR) is 67.3 cm³/mol. The van der Waals surface area contributed by atoms with E-state index in [4.69, 9.17) is 11.0 Å². The van der Waals surface area contributed by atoms with Crippen LogP contribution in [0.2, 0.25) is 0 Å². The van der Waals surface area contributed by atoms with Crippen molar-refractivity contribution in [3.05, 3.63) is 12.0 Å². The lowest BCUT2D eigenvalue weighted by Gasteiger charge is -2.13. The maximum atomic E-state index is 8.54. The van der Waals surface area contributed by atoms with E-state index in [0.717, 1.165) is 11.0 Å². The third-order valence-electron chi connectivity index (χ3n) is 2.68. The molecule has 0 saturated carbocycles. The molecule has 2 N–H and O–H groups in total. The largest absolute Gasteiger partial charge is 0.383 e. The zero-order chi connectivity index (χ0) is 13.1. The van der Waals surface area contributed by atoms with Gasteiger partial charge < -0.3 is 5.73 Å². The van der Waals surface area contributed by atoms with Crippen LogP contribution in [0.15, 0.2) is 6.20 Å². The number of aromatic nitrogens is 4. The van der Waals surface area contributed by atoms with Gasteiger partial charge in [-0.25, -0.2) is 9.97 Å². The summed E-state index contributed by atoms with van der Waals surface area (Å²) in [6, 6.07) is 2.11. The Morgan fingerprint density at radius 3 is 3.00 bits per heavy atom. The molecule has 0 saturated heterocycles. The number of nitrogen functional groups attached to an aromatic ring is 1. The molecule has 0 fully saturated rings. The number of nitriles is 1. The molecular weight excluding hydrogens is 230 g/mol. The van der Waals surface area contributed by atoms with Crippen molar-refractivity contribution < 1.29 is 0 Å². The van der Waals surface area contributed by atoms with Crippen LogP contribution in [0.3, 0.4) is 0 Å². The Hall–Kier alpha value is -2.20. The molecule has 7 heteroatoms. The summed E-state index contributed by atoms with van der Waals surface area (Å²) in [7, 11) is 3.74. The van der Waals surface area contributed by atoms with Gasteiger partial charge in [-0.3, -0.25) is 9.58 Å². The van der Waals surface area contributed by atoms with Crippen LogP contribution in [0.25, 0.3) is 11.0 Å². The van der Waals surface area contributed by atoms with Crippen LogP contribution in [-0.2, 0) is 13.6 Å². The van der Waals surface area contributed by atoms with E-state index in [1.54, 1.807) is 10.9 Å². The van der Waals surface area contributed by atoms with E-state index in [0.29, 0.717) is 31.2 Å². The van der Waals surface area contributed by atoms with Crippen molar-refractivity contribution in [3.8, 4) is 6.07 Å². The quantitative estimate of drug-likeness (QED) is 0.831. The van der Waals surface area contributed by atoms with Crippen LogP contribution in [0.4, 0.5) is 5.82 Å². The lowest BCUT2D eigenvalue weighted by molar-refractivity contribution is 0.326. The maximum absolute atomic E-state index is 8.54. The number of nitrogens with two attached hydrogens (primary N) is 1. The fourth-order valence-electron chi connectivity index (χ4n) is 1.72. The molecule has 0 unspecified atom stereocenters. The smallest absolute Gasteiger partial charge is 0.163 e. The van der Waals surface area contributed by atoms with Crippen molar-refractivity contribution in [2.24, 2.45) is 7.05 Å². The summed E-state index contributed by atoms with van der Waals surface area (Å²) in [6.45, 7) is 1.25. The first-order valence-electron chi connectivity index (χ1n) is 5.61. The molecule has 94 valence electrons. The number of rotatable bonds is 4. The van der Waals surface area contributed by atoms with E-state index in [-0.39, 0.29) is 0 Å². The average molecular weight is 245 g/mol. The monoisotopic (exact) mass is 245 g/mol. The fraction of sp³-hybridized carbons (Fsp3) is 0.455. The fourth-order valence-corrected chi connectivity index (χ4v) is 1.72. The van der Waals surface area contributed by atoms with Gasteiger partial charge in [-0.2, -0.15) is 10.4 Å². The number of fused-ring (bicyclic) bond motifs is 1. The summed E-state index contributed by atoms with van der Waals surface area (Å²) >= 11 is 0. The lowest BCUT2D eigenvalue weighted by atomic mass is 10.3. The van der Waals surface area contributed by atoms with E-state index in [1.165, 1.54) is 0 Å². The number of anilines is 1. The normalized spacial score (nSPS) is 11.0. The van der Waals surface area contributed by atoms with E-state index < -0.39 is 0 Å². The number of nitrogens with zero attached hydrogens (tertiary/aromatic N) is 6. The van der Waals surface area contributed by atoms with Gasteiger partial charge in [0.1, 0.15) is 11.6 Å². The number of hydrogen-bond donors (Lipinski definition) is 1. The van der Waals surface area contributed by atoms with Gasteiger partial charge in [0.25, 0.3) is 0 Å². The Balaban J connectivity index is 2.24. The summed E-state index contributed by atoms with van der Waals surface area (Å²) < 4.78 is 1.67. The van der Waals surface area contributed by atoms with Gasteiger partial charge in [0, 0.05) is 20.0 Å². The summed E-state index contributed by atoms with van der Waals surface area (Å²) in [4.78, 5) is 10.7. The first-order valence-corrected chi connectivity index (χ1v) is 5.61. The first kappa shape index (κ1) is 12.3. The van der Waals surface area contributed by atoms with Crippen molar-refractivity contribution in [2.45, 2.75) is 13.0 Å². The van der Waals surface area contributed by atoms with Gasteiger partial charge in [0.2, 0.25) is 0 Å². The Morgan fingerprint density at radius 2 is 2.28 bits per heavy atom. The summed E-state index contributed by atoms with van der Waals surface area (Å²) in [6.07, 6.45) is 2.15. The first-order chi connectivity index (χ1) is 8.61. The third-order valence-corrected chi connectivity index (χ3v) is 2.68. The highest BCUT2D eigenvalue weighted by Crippen LogP contribution is 2.16. The molecule has 2 heterocycles. The molecule has 0 aromatic carbocycles. The zero-order valence-corrected chi connectivity index (χ0v) is 10.5. The minimum absolute atomic E-state index is 0.441. The molecule has 18 heavy (non-hydrogen) atoms. The van der Waals surface area contributed by atoms with E-state index in [1.807, 2.05) is 19.0 Å². The molecular formula is C11H15N7. The molecule has 2 aromatic heterocycles. The van der Waals surface area contributed by atoms with Crippen molar-refractivity contribution in [2.75, 3.05) is 19.3 Å². The lowest BCUT2D eigenvalue weighted by Crippen LogP contribution is -2.20. The highest BCUT2D eigenvalue weighted by molar-refractivity contribution is 5.84. The third kappa shape index (κ3) is 2.38. The number of hydrogen-bond acceptors (Lipinski definition) is 6. The molecule has 0 radical (unpaired) electrons. The van der Waals surface area contributed by atoms with Crippen molar-refractivity contribution in [1.82, 2.24) is 24.6 Å². The summed E-state index contributed by atoms with van der Waals surface area (Å²) in [5.74, 6) is 1.08. The SMILES string of the molecule is CN(CCC#N)Cc1nc(N)c2cnn(C)c2n1. The molecule has 0 bridgehead atoms. The van der Waals surface area contributed by atoms with Crippen LogP contribution in [0, 0.1) is 11.3 Å². The minimum Gasteiger partial charge on any atom is -0.383 e. The molecule has 0 aliphatic heterocycles. The van der Waals surface area contributed by atoms with Gasteiger partial charge in [0.05, 0.1) is 24.2 Å². The zero-order valence-electron chi connectivity index (χ0n) is 10.5. The molecule has 2 rings (SSSR count). The summed E-state index contributed by atoms with van der Waals surface area (Å²) in [5.41, 5.74) is 6.60. The average Bonchev–Trinajstić information content (AvgIpc) is 2.69. The van der Waals surface area contributed by atoms with Gasteiger partial charge in [-0.05, 0) is 7.05 Å². The minimum atomic E-state index is 0.441. The van der Waals surface area contributed by atoms with Gasteiger partial charge in [-0.15, -0.1) is 0 Å². The van der Waals surface area contributed by atoms with Crippen LogP contribution in [0.1, 0.15) is 12.2 Å². The van der Waals surface area contributed by atoms with Crippen molar-refractivity contribution >= 4 is 16.9 Å². The molecule has 7 nitrogen and oxygen atoms in total. The van der Waals surface area contributed by atoms with Gasteiger partial charge in [-0.1, -0.05) is 0 Å². The topological polar surface area (TPSA) is 96.6 Å². The predicted octanol–water partition coefficient (Wildman–Crippen LogP) is 0.291. The number of aryl methyl sites for hydroxylation is 1. The maximum Gasteiger partial charge on any atom is 0.163 e. The van der Waals surface area contributed by atoms with Crippen molar-refractivity contribution in [3.63, 3.8) is 0 Å². The van der Waals surface area contributed by atoms with Crippen LogP contribution < -0.4 is 5.73 Å². The standard InChI is InChI=1S/C11H15N7/c1-17(5-3-4-12)7-9-15-10(13)8-6-14-18(2)11(8)16-9/h6H,3,5,7H2,1-2H3,(H2,13,15,16). The van der Waals surface area contributed by atoms with Gasteiger partial charge in [0.15, 0.2) is 5.65 Å². The van der Waals surface area contributed by atoms with E-state index in [2.05, 4.69) is 21.1 Å². The molecule has 0 aliphatic carbocycles. The van der Waals surface area contributed by atoms with Crippen LogP contribution in [0.5, 0.6) is 0 Å². The van der Waals surface area contributed by atoms with Gasteiger partial charge >= 0.3 is 0 Å². The Morgan fingerprint density at radius 1 is 1.50 bits per heavy atom. The van der Waals surface area contributed by atoms with E-state index >= 15 is 0 Å². The Labute approximate surface area is 105 Å². The van der Waals surface area contributed by atoms with E-state index in [9.17, 15) is 0 Å². The highest BCUT2D eigenvalue weighted by atomic mass is 15.3. The molecule has 0 atom stereocenters. The second kappa shape index (κ2) is 4.98. The van der Waals surface area contributed by atoms with Crippen LogP contribution in [-0.4, -0.2) is 38.2 Å². The molecule has 2 aromatic rings. The highest BCUT2D eigenvalue weighted by Gasteiger charge is 2.10. The molecule has 0 aliphatic rings. The molecule has 0 spiro atoms. The second-order valence-electron chi connectivity index (χ2n) is 4.18.